The molecule has 0 radical (unpaired) electrons. The summed E-state index contributed by atoms with van der Waals surface area (Å²) in [7, 11) is 0. The van der Waals surface area contributed by atoms with Crippen LogP contribution < -0.4 is 15.0 Å². The average molecular weight is 428 g/mol. The highest BCUT2D eigenvalue weighted by Gasteiger charge is 2.34. The molecule has 0 saturated carbocycles. The standard InChI is InChI=1S/C23H26ClN3O3/c1-16-17(24)8-7-9-18(16)25-22(28)15-27-14-21(23(29)26-12-5-2-6-13-26)30-20-11-4-3-10-19(20)27/h3-4,7-11,21H,2,5-6,12-15H2,1H3,(H,25,28). The number of fused-ring (bicyclic) bond motifs is 1. The second-order valence-corrected chi connectivity index (χ2v) is 8.21. The molecule has 1 atom stereocenters. The molecule has 0 bridgehead atoms. The van der Waals surface area contributed by atoms with Crippen molar-refractivity contribution >= 4 is 34.8 Å². The number of halogens is 1. The van der Waals surface area contributed by atoms with Gasteiger partial charge >= 0.3 is 0 Å². The van der Waals surface area contributed by atoms with E-state index in [0.29, 0.717) is 23.0 Å². The third-order valence-electron chi connectivity index (χ3n) is 5.68. The lowest BCUT2D eigenvalue weighted by atomic mass is 10.1. The maximum atomic E-state index is 13.0. The zero-order valence-corrected chi connectivity index (χ0v) is 17.8. The van der Waals surface area contributed by atoms with E-state index in [9.17, 15) is 9.59 Å². The quantitative estimate of drug-likeness (QED) is 0.804. The normalized spacial score (nSPS) is 18.4. The third-order valence-corrected chi connectivity index (χ3v) is 6.09. The zero-order valence-electron chi connectivity index (χ0n) is 17.1. The average Bonchev–Trinajstić information content (AvgIpc) is 2.77. The van der Waals surface area contributed by atoms with E-state index >= 15 is 0 Å². The fourth-order valence-corrected chi connectivity index (χ4v) is 4.18. The van der Waals surface area contributed by atoms with Gasteiger partial charge in [0.2, 0.25) is 5.91 Å². The Hall–Kier alpha value is -2.73. The minimum Gasteiger partial charge on any atom is -0.477 e. The molecule has 2 aliphatic rings. The first-order valence-corrected chi connectivity index (χ1v) is 10.7. The number of amides is 2. The number of carbonyl (C=O) groups excluding carboxylic acids is 2. The Labute approximate surface area is 181 Å². The van der Waals surface area contributed by atoms with Crippen molar-refractivity contribution in [3.05, 3.63) is 53.1 Å². The Bertz CT molecular complexity index is 943. The van der Waals surface area contributed by atoms with Gasteiger partial charge in [0.1, 0.15) is 5.75 Å². The zero-order chi connectivity index (χ0) is 21.1. The summed E-state index contributed by atoms with van der Waals surface area (Å²) in [6.45, 7) is 3.88. The lowest BCUT2D eigenvalue weighted by Gasteiger charge is -2.38. The largest absolute Gasteiger partial charge is 0.477 e. The van der Waals surface area contributed by atoms with Gasteiger partial charge in [0.25, 0.3) is 5.91 Å². The Balaban J connectivity index is 1.50. The Kier molecular flexibility index (Phi) is 6.13. The van der Waals surface area contributed by atoms with Crippen LogP contribution in [0.25, 0.3) is 0 Å². The minimum absolute atomic E-state index is 0.000275. The number of piperidine rings is 1. The molecule has 0 aromatic heterocycles. The maximum absolute atomic E-state index is 13.0. The molecule has 1 N–H and O–H groups in total. The first kappa shape index (κ1) is 20.5. The van der Waals surface area contributed by atoms with E-state index in [-0.39, 0.29) is 18.4 Å². The van der Waals surface area contributed by atoms with Gasteiger partial charge in [0.15, 0.2) is 6.10 Å². The number of nitrogens with zero attached hydrogens (tertiary/aromatic N) is 2. The number of rotatable bonds is 4. The molecule has 2 amide bonds. The molecule has 1 unspecified atom stereocenters. The Morgan fingerprint density at radius 1 is 1.10 bits per heavy atom. The molecule has 2 aromatic rings. The van der Waals surface area contributed by atoms with Crippen LogP contribution in [0.3, 0.4) is 0 Å². The van der Waals surface area contributed by atoms with Crippen LogP contribution in [0.2, 0.25) is 5.02 Å². The topological polar surface area (TPSA) is 61.9 Å². The van der Waals surface area contributed by atoms with Crippen LogP contribution in [0.1, 0.15) is 24.8 Å². The fourth-order valence-electron chi connectivity index (χ4n) is 4.01. The van der Waals surface area contributed by atoms with Crippen LogP contribution in [0.15, 0.2) is 42.5 Å². The molecule has 2 aromatic carbocycles. The highest BCUT2D eigenvalue weighted by atomic mass is 35.5. The number of para-hydroxylation sites is 2. The number of hydrogen-bond acceptors (Lipinski definition) is 4. The van der Waals surface area contributed by atoms with Gasteiger partial charge in [-0.15, -0.1) is 0 Å². The third kappa shape index (κ3) is 4.38. The summed E-state index contributed by atoms with van der Waals surface area (Å²) in [5, 5.41) is 3.54. The van der Waals surface area contributed by atoms with Gasteiger partial charge in [-0.05, 0) is 56.0 Å². The molecule has 2 heterocycles. The number of likely N-dealkylation sites (tertiary alicyclic amines) is 1. The number of carbonyl (C=O) groups is 2. The van der Waals surface area contributed by atoms with Gasteiger partial charge in [-0.25, -0.2) is 0 Å². The molecule has 6 nitrogen and oxygen atoms in total. The Morgan fingerprint density at radius 2 is 1.87 bits per heavy atom. The summed E-state index contributed by atoms with van der Waals surface area (Å²) >= 11 is 6.16. The molecule has 4 rings (SSSR count). The van der Waals surface area contributed by atoms with Crippen molar-refractivity contribution in [2.75, 3.05) is 36.4 Å². The summed E-state index contributed by atoms with van der Waals surface area (Å²) in [5.74, 6) is 0.465. The van der Waals surface area contributed by atoms with Crippen LogP contribution in [-0.4, -0.2) is 49.0 Å². The van der Waals surface area contributed by atoms with E-state index in [1.165, 1.54) is 0 Å². The molecule has 0 spiro atoms. The molecule has 2 aliphatic heterocycles. The minimum atomic E-state index is -0.612. The summed E-state index contributed by atoms with van der Waals surface area (Å²) < 4.78 is 6.03. The fraction of sp³-hybridized carbons (Fsp3) is 0.391. The van der Waals surface area contributed by atoms with Gasteiger partial charge in [-0.1, -0.05) is 29.8 Å². The van der Waals surface area contributed by atoms with E-state index in [1.807, 2.05) is 53.1 Å². The van der Waals surface area contributed by atoms with Crippen molar-refractivity contribution in [2.24, 2.45) is 0 Å². The van der Waals surface area contributed by atoms with Crippen LogP contribution >= 0.6 is 11.6 Å². The van der Waals surface area contributed by atoms with Crippen molar-refractivity contribution in [1.29, 1.82) is 0 Å². The lowest BCUT2D eigenvalue weighted by Crippen LogP contribution is -2.52. The van der Waals surface area contributed by atoms with Gasteiger partial charge in [-0.2, -0.15) is 0 Å². The summed E-state index contributed by atoms with van der Waals surface area (Å²) in [6.07, 6.45) is 2.60. The van der Waals surface area contributed by atoms with Crippen LogP contribution in [0, 0.1) is 6.92 Å². The van der Waals surface area contributed by atoms with Crippen molar-refractivity contribution in [3.63, 3.8) is 0 Å². The molecule has 7 heteroatoms. The molecule has 158 valence electrons. The highest BCUT2D eigenvalue weighted by molar-refractivity contribution is 6.31. The van der Waals surface area contributed by atoms with Crippen molar-refractivity contribution in [2.45, 2.75) is 32.3 Å². The molecule has 30 heavy (non-hydrogen) atoms. The Morgan fingerprint density at radius 3 is 2.67 bits per heavy atom. The maximum Gasteiger partial charge on any atom is 0.265 e. The smallest absolute Gasteiger partial charge is 0.265 e. The molecule has 1 saturated heterocycles. The second kappa shape index (κ2) is 8.96. The van der Waals surface area contributed by atoms with Gasteiger partial charge in [0, 0.05) is 23.8 Å². The number of anilines is 2. The van der Waals surface area contributed by atoms with Gasteiger partial charge in [0.05, 0.1) is 18.8 Å². The predicted octanol–water partition coefficient (Wildman–Crippen LogP) is 3.87. The van der Waals surface area contributed by atoms with Crippen molar-refractivity contribution in [1.82, 2.24) is 4.90 Å². The van der Waals surface area contributed by atoms with Crippen LogP contribution in [0.5, 0.6) is 5.75 Å². The van der Waals surface area contributed by atoms with E-state index in [1.54, 1.807) is 6.07 Å². The van der Waals surface area contributed by atoms with Crippen LogP contribution in [0.4, 0.5) is 11.4 Å². The SMILES string of the molecule is Cc1c(Cl)cccc1NC(=O)CN1CC(C(=O)N2CCCCC2)Oc2ccccc21. The summed E-state index contributed by atoms with van der Waals surface area (Å²) in [4.78, 5) is 29.6. The number of benzene rings is 2. The summed E-state index contributed by atoms with van der Waals surface area (Å²) in [5.41, 5.74) is 2.33. The highest BCUT2D eigenvalue weighted by Crippen LogP contribution is 2.33. The molecular formula is C23H26ClN3O3. The van der Waals surface area contributed by atoms with Gasteiger partial charge < -0.3 is 19.9 Å². The van der Waals surface area contributed by atoms with E-state index in [2.05, 4.69) is 5.32 Å². The first-order chi connectivity index (χ1) is 14.5. The van der Waals surface area contributed by atoms with Crippen molar-refractivity contribution in [3.8, 4) is 5.75 Å². The lowest BCUT2D eigenvalue weighted by molar-refractivity contribution is -0.139. The predicted molar refractivity (Wildman–Crippen MR) is 118 cm³/mol. The molecule has 0 aliphatic carbocycles. The second-order valence-electron chi connectivity index (χ2n) is 7.80. The van der Waals surface area contributed by atoms with Gasteiger partial charge in [-0.3, -0.25) is 9.59 Å². The summed E-state index contributed by atoms with van der Waals surface area (Å²) in [6, 6.07) is 13.0. The van der Waals surface area contributed by atoms with E-state index < -0.39 is 6.10 Å². The monoisotopic (exact) mass is 427 g/mol. The van der Waals surface area contributed by atoms with E-state index in [4.69, 9.17) is 16.3 Å². The van der Waals surface area contributed by atoms with Crippen molar-refractivity contribution < 1.29 is 14.3 Å². The number of ether oxygens (including phenoxy) is 1. The van der Waals surface area contributed by atoms with Crippen LogP contribution in [-0.2, 0) is 9.59 Å². The van der Waals surface area contributed by atoms with E-state index in [0.717, 1.165) is 43.6 Å². The molecular weight excluding hydrogens is 402 g/mol. The molecule has 1 fully saturated rings. The number of hydrogen-bond donors (Lipinski definition) is 1. The number of nitrogens with one attached hydrogen (secondary N) is 1. The first-order valence-electron chi connectivity index (χ1n) is 10.4.